The second-order valence-electron chi connectivity index (χ2n) is 3.49. The topological polar surface area (TPSA) is 43.1 Å². The molecule has 0 spiro atoms. The van der Waals surface area contributed by atoms with E-state index in [1.54, 1.807) is 17.0 Å². The lowest BCUT2D eigenvalue weighted by Crippen LogP contribution is -1.96. The Labute approximate surface area is 109 Å². The van der Waals surface area contributed by atoms with Gasteiger partial charge in [0.1, 0.15) is 0 Å². The van der Waals surface area contributed by atoms with Crippen molar-refractivity contribution in [1.82, 2.24) is 14.9 Å². The minimum atomic E-state index is 0.487. The first-order valence-corrected chi connectivity index (χ1v) is 5.72. The molecule has 17 heavy (non-hydrogen) atoms. The summed E-state index contributed by atoms with van der Waals surface area (Å²) in [5, 5.41) is 13.1. The average Bonchev–Trinajstić information content (AvgIpc) is 2.62. The highest BCUT2D eigenvalue weighted by molar-refractivity contribution is 6.43. The van der Waals surface area contributed by atoms with E-state index < -0.39 is 0 Å². The maximum Gasteiger partial charge on any atom is 0.151 e. The summed E-state index contributed by atoms with van der Waals surface area (Å²) in [6.45, 7) is 3.66. The van der Waals surface area contributed by atoms with Crippen molar-refractivity contribution in [3.63, 3.8) is 0 Å². The maximum atomic E-state index is 6.05. The van der Waals surface area contributed by atoms with Gasteiger partial charge in [0.25, 0.3) is 0 Å². The Hall–Kier alpha value is -1.39. The van der Waals surface area contributed by atoms with Crippen molar-refractivity contribution in [3.8, 4) is 0 Å². The molecule has 0 aliphatic heterocycles. The Balaban J connectivity index is 2.36. The molecule has 1 aromatic carbocycles. The third-order valence-corrected chi connectivity index (χ3v) is 3.08. The van der Waals surface area contributed by atoms with E-state index in [9.17, 15) is 0 Å². The molecule has 6 heteroatoms. The van der Waals surface area contributed by atoms with E-state index in [1.807, 2.05) is 26.0 Å². The van der Waals surface area contributed by atoms with Crippen LogP contribution in [0.15, 0.2) is 23.3 Å². The van der Waals surface area contributed by atoms with Crippen LogP contribution in [0.25, 0.3) is 0 Å². The summed E-state index contributed by atoms with van der Waals surface area (Å²) in [6.07, 6.45) is 1.64. The molecule has 2 aromatic rings. The van der Waals surface area contributed by atoms with Gasteiger partial charge in [-0.1, -0.05) is 35.3 Å². The zero-order valence-electron chi connectivity index (χ0n) is 9.35. The summed E-state index contributed by atoms with van der Waals surface area (Å²) < 4.78 is 1.64. The molecular weight excluding hydrogens is 259 g/mol. The van der Waals surface area contributed by atoms with Gasteiger partial charge >= 0.3 is 0 Å². The Kier molecular flexibility index (Phi) is 3.45. The minimum Gasteiger partial charge on any atom is -0.202 e. The summed E-state index contributed by atoms with van der Waals surface area (Å²) in [6, 6.07) is 5.39. The summed E-state index contributed by atoms with van der Waals surface area (Å²) >= 11 is 12.0. The standard InChI is InChI=1S/C11H10Cl2N4/c1-7-15-16-8(2)17(7)14-6-9-4-3-5-10(12)11(9)13/h3-6H,1-2H3/b14-6+. The number of rotatable bonds is 2. The highest BCUT2D eigenvalue weighted by atomic mass is 35.5. The third-order valence-electron chi connectivity index (χ3n) is 2.25. The molecule has 0 fully saturated rings. The normalized spacial score (nSPS) is 11.3. The van der Waals surface area contributed by atoms with E-state index in [0.717, 1.165) is 17.2 Å². The van der Waals surface area contributed by atoms with E-state index in [4.69, 9.17) is 23.2 Å². The van der Waals surface area contributed by atoms with Gasteiger partial charge in [0.05, 0.1) is 16.3 Å². The predicted octanol–water partition coefficient (Wildman–Crippen LogP) is 3.08. The molecule has 0 saturated heterocycles. The van der Waals surface area contributed by atoms with Crippen LogP contribution >= 0.6 is 23.2 Å². The van der Waals surface area contributed by atoms with Gasteiger partial charge in [0, 0.05) is 5.56 Å². The van der Waals surface area contributed by atoms with Gasteiger partial charge in [-0.2, -0.15) is 5.10 Å². The fourth-order valence-electron chi connectivity index (χ4n) is 1.37. The van der Waals surface area contributed by atoms with E-state index in [1.165, 1.54) is 0 Å². The van der Waals surface area contributed by atoms with Crippen LogP contribution in [-0.4, -0.2) is 21.1 Å². The zero-order valence-corrected chi connectivity index (χ0v) is 10.9. The van der Waals surface area contributed by atoms with Crippen LogP contribution in [-0.2, 0) is 0 Å². The molecule has 0 unspecified atom stereocenters. The lowest BCUT2D eigenvalue weighted by Gasteiger charge is -2.00. The SMILES string of the molecule is Cc1nnc(C)n1/N=C/c1cccc(Cl)c1Cl. The molecule has 0 atom stereocenters. The molecule has 0 aliphatic rings. The van der Waals surface area contributed by atoms with Gasteiger partial charge in [0.15, 0.2) is 11.6 Å². The first-order valence-electron chi connectivity index (χ1n) is 4.96. The number of benzene rings is 1. The maximum absolute atomic E-state index is 6.05. The molecule has 2 rings (SSSR count). The van der Waals surface area contributed by atoms with Gasteiger partial charge in [0.2, 0.25) is 0 Å². The molecule has 0 amide bonds. The van der Waals surface area contributed by atoms with Crippen molar-refractivity contribution in [2.45, 2.75) is 13.8 Å². The van der Waals surface area contributed by atoms with Crippen LogP contribution < -0.4 is 0 Å². The van der Waals surface area contributed by atoms with Crippen LogP contribution in [0.1, 0.15) is 17.2 Å². The Morgan fingerprint density at radius 3 is 2.47 bits per heavy atom. The predicted molar refractivity (Wildman–Crippen MR) is 69.0 cm³/mol. The second kappa shape index (κ2) is 4.85. The first kappa shape index (κ1) is 12.1. The van der Waals surface area contributed by atoms with Gasteiger partial charge in [-0.05, 0) is 19.9 Å². The highest BCUT2D eigenvalue weighted by Gasteiger charge is 2.04. The molecule has 0 radical (unpaired) electrons. The van der Waals surface area contributed by atoms with Crippen molar-refractivity contribution in [3.05, 3.63) is 45.5 Å². The number of halogens is 2. The van der Waals surface area contributed by atoms with Crippen molar-refractivity contribution >= 4 is 29.4 Å². The molecular formula is C11H10Cl2N4. The summed E-state index contributed by atoms with van der Waals surface area (Å²) in [7, 11) is 0. The quantitative estimate of drug-likeness (QED) is 0.786. The molecule has 0 aliphatic carbocycles. The molecule has 88 valence electrons. The van der Waals surface area contributed by atoms with Crippen molar-refractivity contribution < 1.29 is 0 Å². The van der Waals surface area contributed by atoms with E-state index >= 15 is 0 Å². The van der Waals surface area contributed by atoms with Crippen LogP contribution in [0.2, 0.25) is 10.0 Å². The van der Waals surface area contributed by atoms with E-state index in [0.29, 0.717) is 10.0 Å². The smallest absolute Gasteiger partial charge is 0.151 e. The largest absolute Gasteiger partial charge is 0.202 e. The Morgan fingerprint density at radius 1 is 1.18 bits per heavy atom. The van der Waals surface area contributed by atoms with Gasteiger partial charge < -0.3 is 0 Å². The average molecular weight is 269 g/mol. The van der Waals surface area contributed by atoms with Gasteiger partial charge in [-0.25, -0.2) is 4.68 Å². The van der Waals surface area contributed by atoms with Crippen LogP contribution in [0.3, 0.4) is 0 Å². The van der Waals surface area contributed by atoms with E-state index in [-0.39, 0.29) is 0 Å². The van der Waals surface area contributed by atoms with Crippen molar-refractivity contribution in [1.29, 1.82) is 0 Å². The van der Waals surface area contributed by atoms with E-state index in [2.05, 4.69) is 15.3 Å². The fraction of sp³-hybridized carbons (Fsp3) is 0.182. The first-order chi connectivity index (χ1) is 8.09. The third kappa shape index (κ3) is 2.48. The number of hydrogen-bond acceptors (Lipinski definition) is 3. The lowest BCUT2D eigenvalue weighted by atomic mass is 10.2. The Bertz CT molecular complexity index is 555. The molecule has 0 bridgehead atoms. The minimum absolute atomic E-state index is 0.487. The fourth-order valence-corrected chi connectivity index (χ4v) is 1.73. The monoisotopic (exact) mass is 268 g/mol. The number of aromatic nitrogens is 3. The molecule has 1 aromatic heterocycles. The van der Waals surface area contributed by atoms with Crippen LogP contribution in [0.5, 0.6) is 0 Å². The molecule has 4 nitrogen and oxygen atoms in total. The van der Waals surface area contributed by atoms with Crippen LogP contribution in [0, 0.1) is 13.8 Å². The molecule has 1 heterocycles. The summed E-state index contributed by atoms with van der Waals surface area (Å²) in [5.41, 5.74) is 0.756. The summed E-state index contributed by atoms with van der Waals surface area (Å²) in [5.74, 6) is 1.44. The van der Waals surface area contributed by atoms with Gasteiger partial charge in [-0.3, -0.25) is 0 Å². The lowest BCUT2D eigenvalue weighted by molar-refractivity contribution is 0.799. The number of nitrogens with zero attached hydrogens (tertiary/aromatic N) is 4. The Morgan fingerprint density at radius 2 is 1.82 bits per heavy atom. The summed E-state index contributed by atoms with van der Waals surface area (Å²) in [4.78, 5) is 0. The zero-order chi connectivity index (χ0) is 12.4. The number of hydrogen-bond donors (Lipinski definition) is 0. The number of aryl methyl sites for hydroxylation is 2. The molecule has 0 saturated carbocycles. The van der Waals surface area contributed by atoms with Crippen LogP contribution in [0.4, 0.5) is 0 Å². The van der Waals surface area contributed by atoms with Crippen molar-refractivity contribution in [2.24, 2.45) is 5.10 Å². The van der Waals surface area contributed by atoms with Gasteiger partial charge in [-0.15, -0.1) is 10.2 Å². The van der Waals surface area contributed by atoms with Crippen molar-refractivity contribution in [2.75, 3.05) is 0 Å². The highest BCUT2D eigenvalue weighted by Crippen LogP contribution is 2.24. The second-order valence-corrected chi connectivity index (χ2v) is 4.28. The molecule has 0 N–H and O–H groups in total.